The summed E-state index contributed by atoms with van der Waals surface area (Å²) in [6, 6.07) is 3.64. The van der Waals surface area contributed by atoms with Gasteiger partial charge in [-0.05, 0) is 45.9 Å². The van der Waals surface area contributed by atoms with Gasteiger partial charge < -0.3 is 9.47 Å². The number of aromatic nitrogens is 3. The number of carbonyl (C=O) groups is 2. The fraction of sp³-hybridized carbons (Fsp3) is 0.375. The maximum absolute atomic E-state index is 13.7. The number of H-pyrrole nitrogens is 1. The first kappa shape index (κ1) is 18.4. The van der Waals surface area contributed by atoms with Gasteiger partial charge in [0.1, 0.15) is 17.1 Å². The van der Waals surface area contributed by atoms with Crippen molar-refractivity contribution in [1.29, 1.82) is 0 Å². The Hall–Kier alpha value is -2.97. The predicted octanol–water partition coefficient (Wildman–Crippen LogP) is 3.13. The molecule has 0 saturated carbocycles. The third kappa shape index (κ3) is 4.75. The van der Waals surface area contributed by atoms with E-state index in [9.17, 15) is 14.0 Å². The minimum Gasteiger partial charge on any atom is -0.461 e. The molecule has 0 aliphatic carbocycles. The van der Waals surface area contributed by atoms with Gasteiger partial charge in [-0.15, -0.1) is 5.10 Å². The summed E-state index contributed by atoms with van der Waals surface area (Å²) in [7, 11) is 0. The van der Waals surface area contributed by atoms with Crippen molar-refractivity contribution in [3.05, 3.63) is 29.7 Å². The highest BCUT2D eigenvalue weighted by Gasteiger charge is 2.23. The van der Waals surface area contributed by atoms with E-state index in [4.69, 9.17) is 9.47 Å². The number of rotatable bonds is 4. The molecule has 0 saturated heterocycles. The number of amides is 1. The van der Waals surface area contributed by atoms with Crippen LogP contribution in [0.25, 0.3) is 11.3 Å². The van der Waals surface area contributed by atoms with Gasteiger partial charge >= 0.3 is 12.1 Å². The molecule has 1 aromatic carbocycles. The van der Waals surface area contributed by atoms with Crippen molar-refractivity contribution in [3.8, 4) is 11.3 Å². The second-order valence-electron chi connectivity index (χ2n) is 6.06. The monoisotopic (exact) mass is 350 g/mol. The van der Waals surface area contributed by atoms with Crippen molar-refractivity contribution < 1.29 is 23.5 Å². The third-order valence-corrected chi connectivity index (χ3v) is 2.89. The zero-order valence-corrected chi connectivity index (χ0v) is 14.3. The molecule has 0 fully saturated rings. The molecule has 1 amide bonds. The molecule has 134 valence electrons. The van der Waals surface area contributed by atoms with Crippen molar-refractivity contribution in [3.63, 3.8) is 0 Å². The summed E-state index contributed by atoms with van der Waals surface area (Å²) in [5.74, 6) is -1.28. The maximum atomic E-state index is 13.7. The number of aromatic amines is 1. The Balaban J connectivity index is 2.39. The van der Waals surface area contributed by atoms with Crippen LogP contribution in [0, 0.1) is 5.82 Å². The second-order valence-corrected chi connectivity index (χ2v) is 6.06. The second kappa shape index (κ2) is 7.29. The molecule has 0 aliphatic rings. The smallest absolute Gasteiger partial charge is 0.412 e. The predicted molar refractivity (Wildman–Crippen MR) is 87.6 cm³/mol. The molecule has 9 heteroatoms. The molecule has 0 spiro atoms. The van der Waals surface area contributed by atoms with Crippen LogP contribution in [0.1, 0.15) is 38.2 Å². The van der Waals surface area contributed by atoms with E-state index in [-0.39, 0.29) is 29.2 Å². The normalized spacial score (nSPS) is 11.1. The molecular formula is C16H19FN4O4. The van der Waals surface area contributed by atoms with E-state index in [1.807, 2.05) is 0 Å². The number of ether oxygens (including phenoxy) is 2. The summed E-state index contributed by atoms with van der Waals surface area (Å²) in [4.78, 5) is 23.9. The molecule has 25 heavy (non-hydrogen) atoms. The highest BCUT2D eigenvalue weighted by atomic mass is 19.1. The lowest BCUT2D eigenvalue weighted by Gasteiger charge is -2.20. The first-order chi connectivity index (χ1) is 11.7. The van der Waals surface area contributed by atoms with Gasteiger partial charge in [0.25, 0.3) is 0 Å². The van der Waals surface area contributed by atoms with Gasteiger partial charge in [-0.1, -0.05) is 0 Å². The lowest BCUT2D eigenvalue weighted by molar-refractivity contribution is 0.0519. The molecule has 1 aromatic heterocycles. The lowest BCUT2D eigenvalue weighted by atomic mass is 10.1. The van der Waals surface area contributed by atoms with E-state index >= 15 is 0 Å². The summed E-state index contributed by atoms with van der Waals surface area (Å²) in [6.45, 7) is 6.95. The fourth-order valence-electron chi connectivity index (χ4n) is 2.00. The Morgan fingerprint density at radius 2 is 2.00 bits per heavy atom. The number of nitrogens with one attached hydrogen (secondary N) is 2. The molecular weight excluding hydrogens is 331 g/mol. The molecule has 1 heterocycles. The lowest BCUT2D eigenvalue weighted by Crippen LogP contribution is -2.27. The average molecular weight is 350 g/mol. The number of nitrogens with zero attached hydrogens (tertiary/aromatic N) is 2. The molecule has 0 radical (unpaired) electrons. The van der Waals surface area contributed by atoms with Crippen molar-refractivity contribution in [2.45, 2.75) is 33.3 Å². The van der Waals surface area contributed by atoms with E-state index in [1.54, 1.807) is 27.7 Å². The van der Waals surface area contributed by atoms with Gasteiger partial charge in [0, 0.05) is 5.56 Å². The van der Waals surface area contributed by atoms with E-state index in [0.29, 0.717) is 0 Å². The molecule has 2 aromatic rings. The number of hydrogen-bond acceptors (Lipinski definition) is 6. The molecule has 2 N–H and O–H groups in total. The Labute approximate surface area is 143 Å². The summed E-state index contributed by atoms with van der Waals surface area (Å²) in [5, 5.41) is 12.4. The van der Waals surface area contributed by atoms with Gasteiger partial charge in [0.05, 0.1) is 12.3 Å². The minimum atomic E-state index is -0.721. The SMILES string of the molecule is CCOC(=O)c1n[nH]nc1-c1cc(F)ccc1NC(=O)OC(C)(C)C. The molecule has 0 aliphatic heterocycles. The molecule has 0 bridgehead atoms. The maximum Gasteiger partial charge on any atom is 0.412 e. The molecule has 0 atom stereocenters. The third-order valence-electron chi connectivity index (χ3n) is 2.89. The summed E-state index contributed by atoms with van der Waals surface area (Å²) in [5.41, 5.74) is -0.365. The highest BCUT2D eigenvalue weighted by Crippen LogP contribution is 2.30. The number of esters is 1. The quantitative estimate of drug-likeness (QED) is 0.821. The number of anilines is 1. The highest BCUT2D eigenvalue weighted by molar-refractivity contribution is 5.98. The summed E-state index contributed by atoms with van der Waals surface area (Å²) in [6.07, 6.45) is -0.721. The molecule has 8 nitrogen and oxygen atoms in total. The zero-order valence-electron chi connectivity index (χ0n) is 14.3. The van der Waals surface area contributed by atoms with Crippen LogP contribution in [-0.4, -0.2) is 39.7 Å². The summed E-state index contributed by atoms with van der Waals surface area (Å²) < 4.78 is 23.8. The Morgan fingerprint density at radius 3 is 2.64 bits per heavy atom. The minimum absolute atomic E-state index is 0.0593. The largest absolute Gasteiger partial charge is 0.461 e. The Kier molecular flexibility index (Phi) is 5.35. The van der Waals surface area contributed by atoms with Crippen LogP contribution in [0.15, 0.2) is 18.2 Å². The van der Waals surface area contributed by atoms with E-state index in [2.05, 4.69) is 20.7 Å². The van der Waals surface area contributed by atoms with Crippen LogP contribution in [-0.2, 0) is 9.47 Å². The van der Waals surface area contributed by atoms with Crippen molar-refractivity contribution in [2.24, 2.45) is 0 Å². The standard InChI is InChI=1S/C16H19FN4O4/c1-5-24-14(22)13-12(19-21-20-13)10-8-9(17)6-7-11(10)18-15(23)25-16(2,3)4/h6-8H,5H2,1-4H3,(H,18,23)(H,19,20,21). The zero-order chi connectivity index (χ0) is 18.6. The van der Waals surface area contributed by atoms with Gasteiger partial charge in [-0.2, -0.15) is 10.3 Å². The van der Waals surface area contributed by atoms with Crippen LogP contribution in [0.4, 0.5) is 14.9 Å². The van der Waals surface area contributed by atoms with Gasteiger partial charge in [0.15, 0.2) is 5.69 Å². The number of benzene rings is 1. The van der Waals surface area contributed by atoms with E-state index in [0.717, 1.165) is 6.07 Å². The van der Waals surface area contributed by atoms with Gasteiger partial charge in [-0.25, -0.2) is 14.0 Å². The van der Waals surface area contributed by atoms with Crippen molar-refractivity contribution >= 4 is 17.7 Å². The molecule has 2 rings (SSSR count). The van der Waals surface area contributed by atoms with Gasteiger partial charge in [0.2, 0.25) is 0 Å². The van der Waals surface area contributed by atoms with Crippen LogP contribution >= 0.6 is 0 Å². The Bertz CT molecular complexity index is 783. The van der Waals surface area contributed by atoms with Crippen LogP contribution in [0.2, 0.25) is 0 Å². The summed E-state index contributed by atoms with van der Waals surface area (Å²) >= 11 is 0. The van der Waals surface area contributed by atoms with Crippen molar-refractivity contribution in [1.82, 2.24) is 15.4 Å². The van der Waals surface area contributed by atoms with E-state index in [1.165, 1.54) is 12.1 Å². The number of halogens is 1. The van der Waals surface area contributed by atoms with Crippen LogP contribution in [0.3, 0.4) is 0 Å². The first-order valence-corrected chi connectivity index (χ1v) is 7.59. The molecule has 0 unspecified atom stereocenters. The fourth-order valence-corrected chi connectivity index (χ4v) is 2.00. The number of carbonyl (C=O) groups excluding carboxylic acids is 2. The number of hydrogen-bond donors (Lipinski definition) is 2. The Morgan fingerprint density at radius 1 is 1.28 bits per heavy atom. The van der Waals surface area contributed by atoms with Gasteiger partial charge in [-0.3, -0.25) is 5.32 Å². The van der Waals surface area contributed by atoms with E-state index < -0.39 is 23.5 Å². The van der Waals surface area contributed by atoms with Crippen LogP contribution in [0.5, 0.6) is 0 Å². The first-order valence-electron chi connectivity index (χ1n) is 7.59. The van der Waals surface area contributed by atoms with Crippen LogP contribution < -0.4 is 5.32 Å². The van der Waals surface area contributed by atoms with Crippen molar-refractivity contribution in [2.75, 3.05) is 11.9 Å². The average Bonchev–Trinajstić information content (AvgIpc) is 2.96. The topological polar surface area (TPSA) is 106 Å².